The molecular weight excluding hydrogens is 308 g/mol. The number of halogens is 1. The van der Waals surface area contributed by atoms with E-state index in [1.54, 1.807) is 17.5 Å². The van der Waals surface area contributed by atoms with Gasteiger partial charge >= 0.3 is 0 Å². The Morgan fingerprint density at radius 3 is 2.95 bits per heavy atom. The molecule has 0 saturated carbocycles. The van der Waals surface area contributed by atoms with Crippen molar-refractivity contribution in [3.8, 4) is 0 Å². The Morgan fingerprint density at radius 1 is 1.38 bits per heavy atom. The molecule has 3 N–H and O–H groups in total. The summed E-state index contributed by atoms with van der Waals surface area (Å²) in [6, 6.07) is 4.02. The highest BCUT2D eigenvalue weighted by Gasteiger charge is 2.14. The fraction of sp³-hybridized carbons (Fsp3) is 0.308. The Hall–Kier alpha value is -1.86. The van der Waals surface area contributed by atoms with E-state index in [0.29, 0.717) is 11.6 Å². The molecule has 1 atom stereocenters. The van der Waals surface area contributed by atoms with E-state index in [4.69, 9.17) is 11.6 Å². The molecule has 0 amide bonds. The lowest BCUT2D eigenvalue weighted by atomic mass is 10.2. The third-order valence-electron chi connectivity index (χ3n) is 3.02. The molecule has 6 nitrogen and oxygen atoms in total. The molecule has 3 aromatic rings. The van der Waals surface area contributed by atoms with Crippen molar-refractivity contribution in [2.45, 2.75) is 19.9 Å². The van der Waals surface area contributed by atoms with Gasteiger partial charge in [-0.2, -0.15) is 15.1 Å². The second kappa shape index (κ2) is 5.87. The van der Waals surface area contributed by atoms with Crippen molar-refractivity contribution >= 4 is 45.7 Å². The Kier molecular flexibility index (Phi) is 3.94. The first-order valence-electron chi connectivity index (χ1n) is 6.64. The number of hydrogen-bond acceptors (Lipinski definition) is 6. The number of anilines is 2. The van der Waals surface area contributed by atoms with Crippen molar-refractivity contribution in [1.29, 1.82) is 0 Å². The van der Waals surface area contributed by atoms with Crippen LogP contribution in [-0.2, 0) is 0 Å². The molecule has 8 heteroatoms. The van der Waals surface area contributed by atoms with E-state index in [1.807, 2.05) is 19.1 Å². The SMILES string of the molecule is CCNc1nc(NC(C)c2ccc(Cl)s2)c2cn[nH]c2n1. The van der Waals surface area contributed by atoms with Crippen LogP contribution in [0.1, 0.15) is 24.8 Å². The summed E-state index contributed by atoms with van der Waals surface area (Å²) in [5.41, 5.74) is 0.708. The number of thiophene rings is 1. The minimum Gasteiger partial charge on any atom is -0.362 e. The van der Waals surface area contributed by atoms with Crippen molar-refractivity contribution in [2.75, 3.05) is 17.2 Å². The summed E-state index contributed by atoms with van der Waals surface area (Å²) in [4.78, 5) is 10.0. The largest absolute Gasteiger partial charge is 0.362 e. The third-order valence-corrected chi connectivity index (χ3v) is 4.43. The predicted molar refractivity (Wildman–Crippen MR) is 87.2 cm³/mol. The number of nitrogens with zero attached hydrogens (tertiary/aromatic N) is 3. The smallest absolute Gasteiger partial charge is 0.226 e. The maximum atomic E-state index is 5.99. The molecule has 0 bridgehead atoms. The first-order chi connectivity index (χ1) is 10.2. The first-order valence-corrected chi connectivity index (χ1v) is 7.83. The van der Waals surface area contributed by atoms with Crippen LogP contribution in [0.4, 0.5) is 11.8 Å². The van der Waals surface area contributed by atoms with Crippen LogP contribution in [0.25, 0.3) is 11.0 Å². The van der Waals surface area contributed by atoms with Gasteiger partial charge in [0.05, 0.1) is 22.0 Å². The summed E-state index contributed by atoms with van der Waals surface area (Å²) in [5, 5.41) is 14.3. The molecule has 3 heterocycles. The number of H-pyrrole nitrogens is 1. The van der Waals surface area contributed by atoms with E-state index in [0.717, 1.165) is 27.0 Å². The lowest BCUT2D eigenvalue weighted by molar-refractivity contribution is 0.897. The van der Waals surface area contributed by atoms with E-state index in [2.05, 4.69) is 37.7 Å². The van der Waals surface area contributed by atoms with Crippen molar-refractivity contribution in [3.63, 3.8) is 0 Å². The molecule has 0 radical (unpaired) electrons. The monoisotopic (exact) mass is 322 g/mol. The lowest BCUT2D eigenvalue weighted by Gasteiger charge is -2.14. The fourth-order valence-electron chi connectivity index (χ4n) is 2.02. The van der Waals surface area contributed by atoms with Gasteiger partial charge in [-0.3, -0.25) is 5.10 Å². The molecule has 0 aliphatic heterocycles. The Morgan fingerprint density at radius 2 is 2.24 bits per heavy atom. The van der Waals surface area contributed by atoms with Gasteiger partial charge in [-0.15, -0.1) is 11.3 Å². The topological polar surface area (TPSA) is 78.5 Å². The summed E-state index contributed by atoms with van der Waals surface area (Å²) in [7, 11) is 0. The molecule has 3 aromatic heterocycles. The van der Waals surface area contributed by atoms with Gasteiger partial charge in [0.1, 0.15) is 5.82 Å². The van der Waals surface area contributed by atoms with Gasteiger partial charge in [-0.1, -0.05) is 11.6 Å². The van der Waals surface area contributed by atoms with E-state index in [1.165, 1.54) is 0 Å². The molecule has 3 rings (SSSR count). The standard InChI is InChI=1S/C13H15ClN6S/c1-3-15-13-18-11(8-6-16-20-12(8)19-13)17-7(2)9-4-5-10(14)21-9/h4-7H,3H2,1-2H3,(H3,15,16,17,18,19,20). The predicted octanol–water partition coefficient (Wildman–Crippen LogP) is 3.67. The minimum absolute atomic E-state index is 0.102. The van der Waals surface area contributed by atoms with Gasteiger partial charge < -0.3 is 10.6 Å². The summed E-state index contributed by atoms with van der Waals surface area (Å²) in [6.07, 6.45) is 1.72. The average molecular weight is 323 g/mol. The van der Waals surface area contributed by atoms with E-state index >= 15 is 0 Å². The highest BCUT2D eigenvalue weighted by molar-refractivity contribution is 7.16. The van der Waals surface area contributed by atoms with Gasteiger partial charge in [-0.05, 0) is 26.0 Å². The summed E-state index contributed by atoms with van der Waals surface area (Å²) >= 11 is 7.55. The quantitative estimate of drug-likeness (QED) is 0.668. The second-order valence-electron chi connectivity index (χ2n) is 4.57. The van der Waals surface area contributed by atoms with E-state index in [9.17, 15) is 0 Å². The van der Waals surface area contributed by atoms with Crippen LogP contribution in [0.2, 0.25) is 4.34 Å². The molecular formula is C13H15ClN6S. The van der Waals surface area contributed by atoms with E-state index in [-0.39, 0.29) is 6.04 Å². The highest BCUT2D eigenvalue weighted by Crippen LogP contribution is 2.30. The number of rotatable bonds is 5. The van der Waals surface area contributed by atoms with Crippen LogP contribution in [0.5, 0.6) is 0 Å². The third kappa shape index (κ3) is 2.93. The normalized spacial score (nSPS) is 12.5. The minimum atomic E-state index is 0.102. The second-order valence-corrected chi connectivity index (χ2v) is 6.31. The molecule has 110 valence electrons. The molecule has 0 aromatic carbocycles. The van der Waals surface area contributed by atoms with Crippen LogP contribution in [0.15, 0.2) is 18.3 Å². The zero-order chi connectivity index (χ0) is 14.8. The molecule has 21 heavy (non-hydrogen) atoms. The van der Waals surface area contributed by atoms with Crippen LogP contribution >= 0.6 is 22.9 Å². The number of fused-ring (bicyclic) bond motifs is 1. The molecule has 0 spiro atoms. The molecule has 1 unspecified atom stereocenters. The maximum Gasteiger partial charge on any atom is 0.226 e. The molecule has 0 saturated heterocycles. The van der Waals surface area contributed by atoms with Crippen LogP contribution in [-0.4, -0.2) is 26.7 Å². The molecule has 0 aliphatic rings. The highest BCUT2D eigenvalue weighted by atomic mass is 35.5. The number of hydrogen-bond donors (Lipinski definition) is 3. The van der Waals surface area contributed by atoms with Gasteiger partial charge in [0.2, 0.25) is 5.95 Å². The summed E-state index contributed by atoms with van der Waals surface area (Å²) in [5.74, 6) is 1.33. The summed E-state index contributed by atoms with van der Waals surface area (Å²) in [6.45, 7) is 4.84. The van der Waals surface area contributed by atoms with Crippen LogP contribution in [0, 0.1) is 0 Å². The summed E-state index contributed by atoms with van der Waals surface area (Å²) < 4.78 is 0.781. The number of nitrogens with one attached hydrogen (secondary N) is 3. The van der Waals surface area contributed by atoms with E-state index < -0.39 is 0 Å². The van der Waals surface area contributed by atoms with Crippen LogP contribution < -0.4 is 10.6 Å². The lowest BCUT2D eigenvalue weighted by Crippen LogP contribution is -2.09. The fourth-order valence-corrected chi connectivity index (χ4v) is 3.08. The van der Waals surface area contributed by atoms with Crippen molar-refractivity contribution in [3.05, 3.63) is 27.5 Å². The zero-order valence-electron chi connectivity index (χ0n) is 11.6. The van der Waals surface area contributed by atoms with Gasteiger partial charge in [0.15, 0.2) is 5.65 Å². The zero-order valence-corrected chi connectivity index (χ0v) is 13.2. The van der Waals surface area contributed by atoms with Gasteiger partial charge in [0.25, 0.3) is 0 Å². The molecule has 0 fully saturated rings. The Bertz CT molecular complexity index is 752. The van der Waals surface area contributed by atoms with Crippen molar-refractivity contribution in [2.24, 2.45) is 0 Å². The van der Waals surface area contributed by atoms with Crippen molar-refractivity contribution in [1.82, 2.24) is 20.2 Å². The van der Waals surface area contributed by atoms with Gasteiger partial charge in [0, 0.05) is 11.4 Å². The van der Waals surface area contributed by atoms with Crippen LogP contribution in [0.3, 0.4) is 0 Å². The van der Waals surface area contributed by atoms with Gasteiger partial charge in [-0.25, -0.2) is 0 Å². The Labute approximate surface area is 131 Å². The number of aromatic amines is 1. The Balaban J connectivity index is 1.93. The van der Waals surface area contributed by atoms with Crippen molar-refractivity contribution < 1.29 is 0 Å². The average Bonchev–Trinajstić information content (AvgIpc) is 3.07. The maximum absolute atomic E-state index is 5.99. The number of aromatic nitrogens is 4. The first kappa shape index (κ1) is 14.1. The molecule has 0 aliphatic carbocycles.